The van der Waals surface area contributed by atoms with Gasteiger partial charge in [-0.3, -0.25) is 9.59 Å². The summed E-state index contributed by atoms with van der Waals surface area (Å²) in [6.45, 7) is 7.14. The fourth-order valence-corrected chi connectivity index (χ4v) is 3.74. The first-order chi connectivity index (χ1) is 15.0. The molecule has 0 spiro atoms. The van der Waals surface area contributed by atoms with Crippen molar-refractivity contribution < 1.29 is 33.3 Å². The van der Waals surface area contributed by atoms with E-state index in [9.17, 15) is 14.4 Å². The highest BCUT2D eigenvalue weighted by Gasteiger charge is 2.40. The number of ketones is 1. The van der Waals surface area contributed by atoms with Gasteiger partial charge in [0.05, 0.1) is 11.5 Å². The Bertz CT molecular complexity index is 868. The molecule has 1 fully saturated rings. The van der Waals surface area contributed by atoms with Gasteiger partial charge in [0.15, 0.2) is 17.3 Å². The average Bonchev–Trinajstić information content (AvgIpc) is 3.24. The summed E-state index contributed by atoms with van der Waals surface area (Å²) in [5.41, 5.74) is -1.04. The maximum Gasteiger partial charge on any atom is 0.410 e. The summed E-state index contributed by atoms with van der Waals surface area (Å²) in [4.78, 5) is 39.4. The van der Waals surface area contributed by atoms with Crippen molar-refractivity contribution in [3.63, 3.8) is 0 Å². The molecule has 1 heterocycles. The lowest BCUT2D eigenvalue weighted by atomic mass is 9.84. The number of esters is 1. The zero-order chi connectivity index (χ0) is 23.5. The summed E-state index contributed by atoms with van der Waals surface area (Å²) in [5.74, 6) is 0.544. The van der Waals surface area contributed by atoms with Crippen LogP contribution in [-0.4, -0.2) is 54.8 Å². The van der Waals surface area contributed by atoms with E-state index in [0.29, 0.717) is 29.9 Å². The highest BCUT2D eigenvalue weighted by Crippen LogP contribution is 2.35. The molecule has 0 saturated heterocycles. The molecule has 0 bridgehead atoms. The van der Waals surface area contributed by atoms with Crippen molar-refractivity contribution >= 4 is 17.8 Å². The standard InChI is InChI=1S/C24H33NO7/c1-16(20(26)17-9-10-18-19(13-17)31-15-30-18)25(5)22(28)29-14-24(11-7-6-8-12-24)32-21(27)23(2,3)4/h9-10,13,16H,6-8,11-12,14-15H2,1-5H3. The van der Waals surface area contributed by atoms with Crippen molar-refractivity contribution in [1.29, 1.82) is 0 Å². The molecule has 1 unspecified atom stereocenters. The molecule has 1 saturated carbocycles. The van der Waals surface area contributed by atoms with Crippen LogP contribution < -0.4 is 9.47 Å². The van der Waals surface area contributed by atoms with Gasteiger partial charge in [0.1, 0.15) is 12.2 Å². The van der Waals surface area contributed by atoms with E-state index in [1.165, 1.54) is 11.9 Å². The van der Waals surface area contributed by atoms with E-state index in [-0.39, 0.29) is 25.2 Å². The predicted molar refractivity (Wildman–Crippen MR) is 117 cm³/mol. The minimum absolute atomic E-state index is 0.0249. The second kappa shape index (κ2) is 9.38. The van der Waals surface area contributed by atoms with Gasteiger partial charge in [-0.2, -0.15) is 0 Å². The summed E-state index contributed by atoms with van der Waals surface area (Å²) in [5, 5.41) is 0. The largest absolute Gasteiger partial charge is 0.455 e. The second-order valence-electron chi connectivity index (χ2n) is 9.66. The Hall–Kier alpha value is -2.77. The fourth-order valence-electron chi connectivity index (χ4n) is 3.74. The van der Waals surface area contributed by atoms with Crippen LogP contribution in [0.15, 0.2) is 18.2 Å². The maximum absolute atomic E-state index is 12.9. The molecule has 8 nitrogen and oxygen atoms in total. The van der Waals surface area contributed by atoms with Crippen LogP contribution in [0.3, 0.4) is 0 Å². The highest BCUT2D eigenvalue weighted by atomic mass is 16.7. The minimum atomic E-state index is -0.816. The second-order valence-corrected chi connectivity index (χ2v) is 9.66. The van der Waals surface area contributed by atoms with Crippen molar-refractivity contribution in [2.75, 3.05) is 20.4 Å². The third-order valence-corrected chi connectivity index (χ3v) is 6.05. The van der Waals surface area contributed by atoms with Gasteiger partial charge in [-0.15, -0.1) is 0 Å². The molecule has 0 aromatic heterocycles. The van der Waals surface area contributed by atoms with Crippen molar-refractivity contribution in [2.24, 2.45) is 5.41 Å². The lowest BCUT2D eigenvalue weighted by Crippen LogP contribution is -2.47. The zero-order valence-electron chi connectivity index (χ0n) is 19.6. The number of hydrogen-bond donors (Lipinski definition) is 0. The molecule has 8 heteroatoms. The fraction of sp³-hybridized carbons (Fsp3) is 0.625. The van der Waals surface area contributed by atoms with E-state index < -0.39 is 23.2 Å². The van der Waals surface area contributed by atoms with Gasteiger partial charge in [0.25, 0.3) is 0 Å². The third-order valence-electron chi connectivity index (χ3n) is 6.05. The quantitative estimate of drug-likeness (QED) is 0.473. The van der Waals surface area contributed by atoms with Gasteiger partial charge in [0.2, 0.25) is 6.79 Å². The lowest BCUT2D eigenvalue weighted by Gasteiger charge is -2.38. The Morgan fingerprint density at radius 3 is 2.41 bits per heavy atom. The van der Waals surface area contributed by atoms with E-state index in [1.807, 2.05) is 0 Å². The number of carbonyl (C=O) groups excluding carboxylic acids is 3. The van der Waals surface area contributed by atoms with Gasteiger partial charge < -0.3 is 23.8 Å². The molecule has 0 radical (unpaired) electrons. The Morgan fingerprint density at radius 1 is 1.09 bits per heavy atom. The van der Waals surface area contributed by atoms with Crippen molar-refractivity contribution in [2.45, 2.75) is 71.4 Å². The smallest absolute Gasteiger partial charge is 0.410 e. The van der Waals surface area contributed by atoms with Crippen LogP contribution in [0.1, 0.15) is 70.2 Å². The van der Waals surface area contributed by atoms with E-state index in [1.54, 1.807) is 45.9 Å². The summed E-state index contributed by atoms with van der Waals surface area (Å²) in [6, 6.07) is 4.19. The highest BCUT2D eigenvalue weighted by molar-refractivity contribution is 6.01. The molecule has 1 aliphatic heterocycles. The molecule has 32 heavy (non-hydrogen) atoms. The first-order valence-electron chi connectivity index (χ1n) is 11.1. The first kappa shape index (κ1) is 23.9. The molecule has 1 amide bonds. The molecular weight excluding hydrogens is 414 g/mol. The zero-order valence-corrected chi connectivity index (χ0v) is 19.6. The molecule has 3 rings (SSSR count). The van der Waals surface area contributed by atoms with E-state index in [4.69, 9.17) is 18.9 Å². The van der Waals surface area contributed by atoms with Crippen LogP contribution in [0, 0.1) is 5.41 Å². The predicted octanol–water partition coefficient (Wildman–Crippen LogP) is 4.35. The van der Waals surface area contributed by atoms with Crippen LogP contribution in [0.5, 0.6) is 11.5 Å². The first-order valence-corrected chi connectivity index (χ1v) is 11.1. The van der Waals surface area contributed by atoms with Crippen molar-refractivity contribution in [1.82, 2.24) is 4.90 Å². The minimum Gasteiger partial charge on any atom is -0.455 e. The van der Waals surface area contributed by atoms with Crippen LogP contribution in [0.2, 0.25) is 0 Å². The Kier molecular flexibility index (Phi) is 7.00. The topological polar surface area (TPSA) is 91.4 Å². The van der Waals surface area contributed by atoms with Crippen molar-refractivity contribution in [3.05, 3.63) is 23.8 Å². The Labute approximate surface area is 189 Å². The lowest BCUT2D eigenvalue weighted by molar-refractivity contribution is -0.178. The molecule has 0 N–H and O–H groups in total. The number of amides is 1. The van der Waals surface area contributed by atoms with Crippen molar-refractivity contribution in [3.8, 4) is 11.5 Å². The molecular formula is C24H33NO7. The van der Waals surface area contributed by atoms with Crippen LogP contribution in [0.25, 0.3) is 0 Å². The van der Waals surface area contributed by atoms with Gasteiger partial charge >= 0.3 is 12.1 Å². The number of rotatable bonds is 6. The van der Waals surface area contributed by atoms with E-state index >= 15 is 0 Å². The van der Waals surface area contributed by atoms with Gasteiger partial charge in [0, 0.05) is 12.6 Å². The number of fused-ring (bicyclic) bond motifs is 1. The summed E-state index contributed by atoms with van der Waals surface area (Å²) >= 11 is 0. The van der Waals surface area contributed by atoms with Crippen LogP contribution in [-0.2, 0) is 14.3 Å². The van der Waals surface area contributed by atoms with Gasteiger partial charge in [-0.25, -0.2) is 4.79 Å². The molecule has 1 aromatic rings. The number of Topliss-reactive ketones (excluding diaryl/α,β-unsaturated/α-hetero) is 1. The number of ether oxygens (including phenoxy) is 4. The molecule has 1 aliphatic carbocycles. The van der Waals surface area contributed by atoms with Gasteiger partial charge in [-0.1, -0.05) is 6.42 Å². The van der Waals surface area contributed by atoms with E-state index in [0.717, 1.165) is 19.3 Å². The number of carbonyl (C=O) groups is 3. The number of likely N-dealkylation sites (N-methyl/N-ethyl adjacent to an activating group) is 1. The number of benzene rings is 1. The molecule has 2 aliphatic rings. The maximum atomic E-state index is 12.9. The van der Waals surface area contributed by atoms with Crippen LogP contribution >= 0.6 is 0 Å². The Morgan fingerprint density at radius 2 is 1.75 bits per heavy atom. The summed E-state index contributed by atoms with van der Waals surface area (Å²) < 4.78 is 22.0. The summed E-state index contributed by atoms with van der Waals surface area (Å²) in [7, 11) is 1.52. The molecule has 176 valence electrons. The molecule has 1 aromatic carbocycles. The normalized spacial score (nSPS) is 17.9. The van der Waals surface area contributed by atoms with Crippen LogP contribution in [0.4, 0.5) is 4.79 Å². The monoisotopic (exact) mass is 447 g/mol. The van der Waals surface area contributed by atoms with Gasteiger partial charge in [-0.05, 0) is 71.6 Å². The number of nitrogens with zero attached hydrogens (tertiary/aromatic N) is 1. The Balaban J connectivity index is 1.63. The summed E-state index contributed by atoms with van der Waals surface area (Å²) in [6.07, 6.45) is 3.54. The van der Waals surface area contributed by atoms with E-state index in [2.05, 4.69) is 0 Å². The third kappa shape index (κ3) is 5.34. The SMILES string of the molecule is CC(C(=O)c1ccc2c(c1)OCO2)N(C)C(=O)OCC1(OC(=O)C(C)(C)C)CCCCC1. The number of hydrogen-bond acceptors (Lipinski definition) is 7. The molecule has 1 atom stereocenters. The average molecular weight is 448 g/mol.